The maximum Gasteiger partial charge on any atom is 0.340 e. The summed E-state index contributed by atoms with van der Waals surface area (Å²) in [5, 5.41) is 6.47. The number of aryl methyl sites for hydroxylation is 1. The van der Waals surface area contributed by atoms with E-state index in [2.05, 4.69) is 10.5 Å². The van der Waals surface area contributed by atoms with E-state index >= 15 is 0 Å². The highest BCUT2D eigenvalue weighted by Gasteiger charge is 2.18. The van der Waals surface area contributed by atoms with Crippen LogP contribution in [0.15, 0.2) is 34.9 Å². The molecule has 1 aromatic carbocycles. The first-order valence-electron chi connectivity index (χ1n) is 8.19. The monoisotopic (exact) mass is 359 g/mol. The molecule has 2 aromatic rings. The molecule has 1 N–H and O–H groups in total. The van der Waals surface area contributed by atoms with Crippen molar-refractivity contribution in [2.75, 3.05) is 23.4 Å². The maximum absolute atomic E-state index is 12.3. The van der Waals surface area contributed by atoms with Gasteiger partial charge in [0.1, 0.15) is 5.76 Å². The number of ether oxygens (including phenoxy) is 1. The van der Waals surface area contributed by atoms with E-state index in [9.17, 15) is 14.4 Å². The molecule has 0 atom stereocenters. The second-order valence-corrected chi connectivity index (χ2v) is 5.53. The van der Waals surface area contributed by atoms with Gasteiger partial charge in [0.15, 0.2) is 5.82 Å². The molecular formula is C18H21N3O5. The van der Waals surface area contributed by atoms with Gasteiger partial charge < -0.3 is 14.6 Å². The zero-order valence-corrected chi connectivity index (χ0v) is 14.9. The normalized spacial score (nSPS) is 10.3. The van der Waals surface area contributed by atoms with Crippen LogP contribution >= 0.6 is 0 Å². The summed E-state index contributed by atoms with van der Waals surface area (Å²) >= 11 is 0. The van der Waals surface area contributed by atoms with Gasteiger partial charge in [-0.3, -0.25) is 14.5 Å². The second-order valence-electron chi connectivity index (χ2n) is 5.53. The number of nitrogens with one attached hydrogen (secondary N) is 1. The lowest BCUT2D eigenvalue weighted by molar-refractivity contribution is -0.117. The average molecular weight is 359 g/mol. The van der Waals surface area contributed by atoms with Gasteiger partial charge in [-0.05, 0) is 26.0 Å². The van der Waals surface area contributed by atoms with E-state index in [1.54, 1.807) is 44.2 Å². The third-order valence-corrected chi connectivity index (χ3v) is 3.53. The van der Waals surface area contributed by atoms with E-state index in [0.717, 1.165) is 0 Å². The van der Waals surface area contributed by atoms with Crippen LogP contribution in [0.5, 0.6) is 0 Å². The van der Waals surface area contributed by atoms with Crippen molar-refractivity contribution in [1.82, 2.24) is 5.16 Å². The fourth-order valence-corrected chi connectivity index (χ4v) is 2.32. The Balaban J connectivity index is 2.02. The number of nitrogens with zero attached hydrogens (tertiary/aromatic N) is 2. The van der Waals surface area contributed by atoms with E-state index in [1.807, 2.05) is 0 Å². The lowest BCUT2D eigenvalue weighted by Crippen LogP contribution is -2.32. The number of benzene rings is 1. The molecule has 0 aliphatic carbocycles. The Kier molecular flexibility index (Phi) is 6.48. The molecule has 0 saturated carbocycles. The first-order valence-corrected chi connectivity index (χ1v) is 8.19. The molecule has 0 unspecified atom stereocenters. The largest absolute Gasteiger partial charge is 0.462 e. The molecule has 1 aromatic heterocycles. The van der Waals surface area contributed by atoms with Crippen LogP contribution in [-0.2, 0) is 14.3 Å². The summed E-state index contributed by atoms with van der Waals surface area (Å²) in [6.07, 6.45) is 0.0304. The average Bonchev–Trinajstić information content (AvgIpc) is 3.01. The zero-order valence-electron chi connectivity index (χ0n) is 14.9. The first kappa shape index (κ1) is 19.2. The van der Waals surface area contributed by atoms with Crippen molar-refractivity contribution in [3.8, 4) is 0 Å². The molecule has 8 heteroatoms. The quantitative estimate of drug-likeness (QED) is 0.762. The van der Waals surface area contributed by atoms with Crippen molar-refractivity contribution in [1.29, 1.82) is 0 Å². The van der Waals surface area contributed by atoms with E-state index in [4.69, 9.17) is 9.26 Å². The second kappa shape index (κ2) is 8.80. The number of carbonyl (C=O) groups excluding carboxylic acids is 3. The number of hydrogen-bond donors (Lipinski definition) is 1. The van der Waals surface area contributed by atoms with Gasteiger partial charge in [-0.15, -0.1) is 0 Å². The predicted octanol–water partition coefficient (Wildman–Crippen LogP) is 2.54. The highest BCUT2D eigenvalue weighted by molar-refractivity contribution is 6.01. The van der Waals surface area contributed by atoms with Crippen molar-refractivity contribution < 1.29 is 23.6 Å². The summed E-state index contributed by atoms with van der Waals surface area (Å²) in [7, 11) is 0. The molecule has 0 fully saturated rings. The number of para-hydroxylation sites is 1. The molecule has 2 rings (SSSR count). The number of carbonyl (C=O) groups is 3. The molecule has 0 aliphatic heterocycles. The zero-order chi connectivity index (χ0) is 19.1. The van der Waals surface area contributed by atoms with Gasteiger partial charge in [-0.25, -0.2) is 4.79 Å². The maximum atomic E-state index is 12.3. The molecule has 1 heterocycles. The van der Waals surface area contributed by atoms with Gasteiger partial charge in [-0.1, -0.05) is 17.3 Å². The van der Waals surface area contributed by atoms with Gasteiger partial charge in [0.25, 0.3) is 0 Å². The number of amides is 2. The van der Waals surface area contributed by atoms with E-state index in [-0.39, 0.29) is 37.0 Å². The fourth-order valence-electron chi connectivity index (χ4n) is 2.32. The smallest absolute Gasteiger partial charge is 0.340 e. The van der Waals surface area contributed by atoms with Crippen molar-refractivity contribution in [2.45, 2.75) is 27.2 Å². The topological polar surface area (TPSA) is 102 Å². The van der Waals surface area contributed by atoms with Crippen LogP contribution < -0.4 is 10.2 Å². The third-order valence-electron chi connectivity index (χ3n) is 3.53. The minimum Gasteiger partial charge on any atom is -0.462 e. The number of esters is 1. The van der Waals surface area contributed by atoms with Gasteiger partial charge in [0, 0.05) is 26.0 Å². The number of hydrogen-bond acceptors (Lipinski definition) is 6. The molecule has 0 saturated heterocycles. The van der Waals surface area contributed by atoms with Crippen LogP contribution in [0.3, 0.4) is 0 Å². The van der Waals surface area contributed by atoms with E-state index in [0.29, 0.717) is 17.3 Å². The Morgan fingerprint density at radius 2 is 2.00 bits per heavy atom. The molecule has 138 valence electrons. The van der Waals surface area contributed by atoms with Crippen LogP contribution in [-0.4, -0.2) is 36.1 Å². The van der Waals surface area contributed by atoms with Crippen LogP contribution in [0.4, 0.5) is 11.5 Å². The van der Waals surface area contributed by atoms with Crippen molar-refractivity contribution >= 4 is 29.3 Å². The standard InChI is InChI=1S/C18H21N3O5/c1-4-25-18(24)14-7-5-6-8-15(14)19-17(23)9-10-21(13(3)22)16-11-12(2)26-20-16/h5-8,11H,4,9-10H2,1-3H3,(H,19,23). The Bertz CT molecular complexity index is 800. The third kappa shape index (κ3) is 4.92. The number of rotatable bonds is 7. The molecule has 0 bridgehead atoms. The van der Waals surface area contributed by atoms with Gasteiger partial charge >= 0.3 is 5.97 Å². The minimum absolute atomic E-state index is 0.0304. The van der Waals surface area contributed by atoms with Gasteiger partial charge in [0.2, 0.25) is 11.8 Å². The van der Waals surface area contributed by atoms with E-state index in [1.165, 1.54) is 11.8 Å². The highest BCUT2D eigenvalue weighted by Crippen LogP contribution is 2.18. The predicted molar refractivity (Wildman–Crippen MR) is 94.9 cm³/mol. The minimum atomic E-state index is -0.508. The Hall–Kier alpha value is -3.16. The molecule has 0 aliphatic rings. The SMILES string of the molecule is CCOC(=O)c1ccccc1NC(=O)CCN(C(C)=O)c1cc(C)on1. The van der Waals surface area contributed by atoms with Crippen LogP contribution in [0.1, 0.15) is 36.4 Å². The Labute approximate surface area is 151 Å². The molecule has 0 spiro atoms. The van der Waals surface area contributed by atoms with Gasteiger partial charge in [0.05, 0.1) is 17.9 Å². The first-order chi connectivity index (χ1) is 12.4. The van der Waals surface area contributed by atoms with Crippen molar-refractivity contribution in [3.05, 3.63) is 41.7 Å². The van der Waals surface area contributed by atoms with Crippen LogP contribution in [0.25, 0.3) is 0 Å². The summed E-state index contributed by atoms with van der Waals surface area (Å²) in [5.74, 6) is -0.174. The summed E-state index contributed by atoms with van der Waals surface area (Å²) < 4.78 is 9.95. The fraction of sp³-hybridized carbons (Fsp3) is 0.333. The summed E-state index contributed by atoms with van der Waals surface area (Å²) in [5.41, 5.74) is 0.640. The summed E-state index contributed by atoms with van der Waals surface area (Å²) in [4.78, 5) is 37.4. The molecule has 0 radical (unpaired) electrons. The summed E-state index contributed by atoms with van der Waals surface area (Å²) in [6, 6.07) is 8.21. The summed E-state index contributed by atoms with van der Waals surface area (Å²) in [6.45, 7) is 5.19. The lowest BCUT2D eigenvalue weighted by atomic mass is 10.1. The molecule has 8 nitrogen and oxygen atoms in total. The Morgan fingerprint density at radius 1 is 1.27 bits per heavy atom. The van der Waals surface area contributed by atoms with Crippen molar-refractivity contribution in [3.63, 3.8) is 0 Å². The van der Waals surface area contributed by atoms with Crippen LogP contribution in [0.2, 0.25) is 0 Å². The Morgan fingerprint density at radius 3 is 2.62 bits per heavy atom. The highest BCUT2D eigenvalue weighted by atomic mass is 16.5. The number of anilines is 2. The molecule has 2 amide bonds. The van der Waals surface area contributed by atoms with Gasteiger partial charge in [-0.2, -0.15) is 0 Å². The van der Waals surface area contributed by atoms with Crippen LogP contribution in [0, 0.1) is 6.92 Å². The van der Waals surface area contributed by atoms with Crippen molar-refractivity contribution in [2.24, 2.45) is 0 Å². The lowest BCUT2D eigenvalue weighted by Gasteiger charge is -2.17. The number of aromatic nitrogens is 1. The molecule has 26 heavy (non-hydrogen) atoms. The van der Waals surface area contributed by atoms with E-state index < -0.39 is 5.97 Å². The molecular weight excluding hydrogens is 338 g/mol.